The summed E-state index contributed by atoms with van der Waals surface area (Å²) in [5.74, 6) is 0.434. The highest BCUT2D eigenvalue weighted by Gasteiger charge is 2.32. The molecule has 1 aliphatic carbocycles. The first-order chi connectivity index (χ1) is 9.81. The van der Waals surface area contributed by atoms with Gasteiger partial charge in [0.25, 0.3) is 0 Å². The molecule has 1 fully saturated rings. The summed E-state index contributed by atoms with van der Waals surface area (Å²) in [5, 5.41) is 8.54. The molecular weight excluding hydrogens is 268 g/mol. The number of hydrogen-bond donors (Lipinski definition) is 1. The average molecular weight is 296 g/mol. The Bertz CT molecular complexity index is 376. The molecule has 1 unspecified atom stereocenters. The fraction of sp³-hybridized carbons (Fsp3) is 0.765. The van der Waals surface area contributed by atoms with Gasteiger partial charge in [0, 0.05) is 12.2 Å². The Morgan fingerprint density at radius 2 is 1.52 bits per heavy atom. The van der Waals surface area contributed by atoms with E-state index >= 15 is 0 Å². The van der Waals surface area contributed by atoms with E-state index in [4.69, 9.17) is 9.84 Å². The molecule has 4 nitrogen and oxygen atoms in total. The third-order valence-corrected chi connectivity index (χ3v) is 4.50. The summed E-state index contributed by atoms with van der Waals surface area (Å²) in [5.41, 5.74) is 0. The molecule has 4 heteroatoms. The van der Waals surface area contributed by atoms with E-state index in [1.54, 1.807) is 0 Å². The Morgan fingerprint density at radius 3 is 1.95 bits per heavy atom. The van der Waals surface area contributed by atoms with Gasteiger partial charge in [-0.2, -0.15) is 0 Å². The Hall–Kier alpha value is -1.32. The molecule has 0 aromatic carbocycles. The zero-order valence-corrected chi connectivity index (χ0v) is 13.5. The molecule has 21 heavy (non-hydrogen) atoms. The lowest BCUT2D eigenvalue weighted by Gasteiger charge is -2.36. The monoisotopic (exact) mass is 296 g/mol. The Balaban J connectivity index is 2.58. The summed E-state index contributed by atoms with van der Waals surface area (Å²) in [6.07, 6.45) is 6.25. The van der Waals surface area contributed by atoms with Crippen molar-refractivity contribution in [1.29, 1.82) is 0 Å². The molecule has 1 N–H and O–H groups in total. The van der Waals surface area contributed by atoms with Crippen molar-refractivity contribution in [1.82, 2.24) is 0 Å². The van der Waals surface area contributed by atoms with Gasteiger partial charge in [0.1, 0.15) is 6.10 Å². The smallest absolute Gasteiger partial charge is 0.331 e. The van der Waals surface area contributed by atoms with Crippen LogP contribution in [0.2, 0.25) is 0 Å². The second-order valence-electron chi connectivity index (χ2n) is 6.74. The molecule has 120 valence electrons. The third-order valence-electron chi connectivity index (χ3n) is 4.50. The van der Waals surface area contributed by atoms with Crippen LogP contribution >= 0.6 is 0 Å². The molecule has 1 atom stereocenters. The van der Waals surface area contributed by atoms with Gasteiger partial charge in [-0.3, -0.25) is 0 Å². The first-order valence-corrected chi connectivity index (χ1v) is 7.92. The molecule has 1 aliphatic rings. The molecule has 1 saturated carbocycles. The van der Waals surface area contributed by atoms with Gasteiger partial charge >= 0.3 is 11.9 Å². The standard InChI is InChI=1S/C17H28O4/c1-11(2)13-5-7-14(8-6-13)17(12(3)4)21-16(20)10-9-15(18)19/h9-14,17H,5-8H2,1-4H3,(H,18,19)/b10-9+. The van der Waals surface area contributed by atoms with E-state index in [0.717, 1.165) is 30.9 Å². The van der Waals surface area contributed by atoms with Crippen molar-refractivity contribution in [3.05, 3.63) is 12.2 Å². The minimum absolute atomic E-state index is 0.121. The fourth-order valence-electron chi connectivity index (χ4n) is 3.23. The van der Waals surface area contributed by atoms with Crippen LogP contribution in [0, 0.1) is 23.7 Å². The molecule has 0 bridgehead atoms. The summed E-state index contributed by atoms with van der Waals surface area (Å²) < 4.78 is 5.51. The second-order valence-corrected chi connectivity index (χ2v) is 6.74. The molecule has 1 rings (SSSR count). The van der Waals surface area contributed by atoms with Gasteiger partial charge in [0.05, 0.1) is 0 Å². The topological polar surface area (TPSA) is 63.6 Å². The highest BCUT2D eigenvalue weighted by atomic mass is 16.5. The lowest BCUT2D eigenvalue weighted by molar-refractivity contribution is -0.150. The maximum Gasteiger partial charge on any atom is 0.331 e. The first-order valence-electron chi connectivity index (χ1n) is 7.92. The first kappa shape index (κ1) is 17.7. The number of ether oxygens (including phenoxy) is 1. The highest BCUT2D eigenvalue weighted by Crippen LogP contribution is 2.37. The number of carboxylic acid groups (broad SMARTS) is 1. The maximum absolute atomic E-state index is 11.7. The molecule has 0 amide bonds. The molecule has 0 spiro atoms. The predicted molar refractivity (Wildman–Crippen MR) is 81.8 cm³/mol. The van der Waals surface area contributed by atoms with Crippen LogP contribution in [0.15, 0.2) is 12.2 Å². The van der Waals surface area contributed by atoms with E-state index in [0.29, 0.717) is 11.8 Å². The Kier molecular flexibility index (Phi) is 6.93. The van der Waals surface area contributed by atoms with Crippen LogP contribution in [-0.2, 0) is 14.3 Å². The van der Waals surface area contributed by atoms with Crippen molar-refractivity contribution in [3.8, 4) is 0 Å². The van der Waals surface area contributed by atoms with Crippen molar-refractivity contribution in [2.24, 2.45) is 23.7 Å². The van der Waals surface area contributed by atoms with Crippen LogP contribution in [0.4, 0.5) is 0 Å². The number of esters is 1. The van der Waals surface area contributed by atoms with Crippen molar-refractivity contribution in [3.63, 3.8) is 0 Å². The van der Waals surface area contributed by atoms with E-state index < -0.39 is 11.9 Å². The maximum atomic E-state index is 11.7. The third kappa shape index (κ3) is 5.90. The quantitative estimate of drug-likeness (QED) is 0.600. The van der Waals surface area contributed by atoms with Gasteiger partial charge in [-0.15, -0.1) is 0 Å². The summed E-state index contributed by atoms with van der Waals surface area (Å²) in [4.78, 5) is 22.1. The summed E-state index contributed by atoms with van der Waals surface area (Å²) >= 11 is 0. The van der Waals surface area contributed by atoms with Crippen molar-refractivity contribution < 1.29 is 19.4 Å². The number of carbonyl (C=O) groups excluding carboxylic acids is 1. The SMILES string of the molecule is CC(C)C1CCC(C(OC(=O)/C=C/C(=O)O)C(C)C)CC1. The number of rotatable bonds is 6. The molecule has 0 radical (unpaired) electrons. The van der Waals surface area contributed by atoms with Crippen LogP contribution in [-0.4, -0.2) is 23.1 Å². The summed E-state index contributed by atoms with van der Waals surface area (Å²) in [7, 11) is 0. The Morgan fingerprint density at radius 1 is 1.00 bits per heavy atom. The summed E-state index contributed by atoms with van der Waals surface area (Å²) in [6, 6.07) is 0. The van der Waals surface area contributed by atoms with Gasteiger partial charge in [0.2, 0.25) is 0 Å². The van der Waals surface area contributed by atoms with Crippen molar-refractivity contribution in [2.75, 3.05) is 0 Å². The normalized spacial score (nSPS) is 24.5. The van der Waals surface area contributed by atoms with Gasteiger partial charge in [-0.05, 0) is 49.4 Å². The minimum atomic E-state index is -1.13. The lowest BCUT2D eigenvalue weighted by Crippen LogP contribution is -2.34. The second kappa shape index (κ2) is 8.20. The molecular formula is C17H28O4. The predicted octanol–water partition coefficient (Wildman–Crippen LogP) is 3.66. The summed E-state index contributed by atoms with van der Waals surface area (Å²) in [6.45, 7) is 8.63. The lowest BCUT2D eigenvalue weighted by atomic mass is 9.73. The number of carbonyl (C=O) groups is 2. The van der Waals surface area contributed by atoms with E-state index in [1.165, 1.54) is 12.8 Å². The van der Waals surface area contributed by atoms with E-state index in [1.807, 2.05) is 13.8 Å². The molecule has 0 heterocycles. The van der Waals surface area contributed by atoms with E-state index in [-0.39, 0.29) is 12.0 Å². The van der Waals surface area contributed by atoms with Crippen LogP contribution in [0.3, 0.4) is 0 Å². The zero-order valence-electron chi connectivity index (χ0n) is 13.5. The fourth-order valence-corrected chi connectivity index (χ4v) is 3.23. The molecule has 0 aromatic heterocycles. The average Bonchev–Trinajstić information content (AvgIpc) is 2.42. The van der Waals surface area contributed by atoms with Crippen molar-refractivity contribution in [2.45, 2.75) is 59.5 Å². The van der Waals surface area contributed by atoms with Gasteiger partial charge in [-0.25, -0.2) is 9.59 Å². The zero-order chi connectivity index (χ0) is 16.0. The van der Waals surface area contributed by atoms with Crippen LogP contribution < -0.4 is 0 Å². The van der Waals surface area contributed by atoms with Gasteiger partial charge < -0.3 is 9.84 Å². The number of carboxylic acids is 1. The molecule has 0 aromatic rings. The van der Waals surface area contributed by atoms with Crippen molar-refractivity contribution >= 4 is 11.9 Å². The highest BCUT2D eigenvalue weighted by molar-refractivity contribution is 5.90. The van der Waals surface area contributed by atoms with Crippen LogP contribution in [0.5, 0.6) is 0 Å². The number of hydrogen-bond acceptors (Lipinski definition) is 3. The van der Waals surface area contributed by atoms with Crippen LogP contribution in [0.25, 0.3) is 0 Å². The minimum Gasteiger partial charge on any atom is -0.478 e. The number of aliphatic carboxylic acids is 1. The van der Waals surface area contributed by atoms with Crippen LogP contribution in [0.1, 0.15) is 53.4 Å². The van der Waals surface area contributed by atoms with E-state index in [2.05, 4.69) is 13.8 Å². The largest absolute Gasteiger partial charge is 0.478 e. The molecule has 0 aliphatic heterocycles. The Labute approximate surface area is 127 Å². The molecule has 0 saturated heterocycles. The van der Waals surface area contributed by atoms with Gasteiger partial charge in [0.15, 0.2) is 0 Å². The van der Waals surface area contributed by atoms with Gasteiger partial charge in [-0.1, -0.05) is 27.7 Å². The van der Waals surface area contributed by atoms with E-state index in [9.17, 15) is 9.59 Å².